The van der Waals surface area contributed by atoms with Crippen LogP contribution in [0.4, 0.5) is 10.5 Å². The van der Waals surface area contributed by atoms with E-state index in [1.165, 1.54) is 11.1 Å². The molecule has 3 amide bonds. The number of urea groups is 1. The van der Waals surface area contributed by atoms with Crippen LogP contribution < -0.4 is 10.2 Å². The average molecular weight is 360 g/mol. The van der Waals surface area contributed by atoms with Gasteiger partial charge >= 0.3 is 6.03 Å². The molecule has 1 N–H and O–H groups in total. The third kappa shape index (κ3) is 5.23. The summed E-state index contributed by atoms with van der Waals surface area (Å²) in [6.07, 6.45) is 4.52. The quantitative estimate of drug-likeness (QED) is 0.762. The van der Waals surface area contributed by atoms with Crippen molar-refractivity contribution in [2.75, 3.05) is 24.5 Å². The number of anilines is 1. The molecular formula is C21H33N3O2. The Balaban J connectivity index is 1.98. The van der Waals surface area contributed by atoms with Crippen molar-refractivity contribution in [1.82, 2.24) is 10.2 Å². The number of nitrogens with one attached hydrogen (secondary N) is 1. The van der Waals surface area contributed by atoms with Gasteiger partial charge in [-0.15, -0.1) is 0 Å². The highest BCUT2D eigenvalue weighted by Gasteiger charge is 2.32. The summed E-state index contributed by atoms with van der Waals surface area (Å²) in [5, 5.41) is 3.08. The molecule has 1 aromatic carbocycles. The normalized spacial score (nSPS) is 16.8. The van der Waals surface area contributed by atoms with Crippen LogP contribution in [0.25, 0.3) is 0 Å². The molecule has 0 aliphatic carbocycles. The lowest BCUT2D eigenvalue weighted by atomic mass is 10.1. The molecule has 1 aliphatic rings. The van der Waals surface area contributed by atoms with Crippen LogP contribution in [0.1, 0.15) is 57.1 Å². The Morgan fingerprint density at radius 2 is 1.81 bits per heavy atom. The molecule has 0 spiro atoms. The second-order valence-electron chi connectivity index (χ2n) is 7.32. The van der Waals surface area contributed by atoms with Crippen LogP contribution in [-0.4, -0.2) is 42.5 Å². The number of hydrogen-bond donors (Lipinski definition) is 1. The molecule has 0 radical (unpaired) electrons. The second-order valence-corrected chi connectivity index (χ2v) is 7.32. The lowest BCUT2D eigenvalue weighted by Gasteiger charge is -2.25. The molecule has 5 heteroatoms. The summed E-state index contributed by atoms with van der Waals surface area (Å²) in [7, 11) is 0. The fourth-order valence-electron chi connectivity index (χ4n) is 3.23. The molecule has 1 fully saturated rings. The minimum atomic E-state index is -0.123. The first kappa shape index (κ1) is 20.3. The van der Waals surface area contributed by atoms with Crippen molar-refractivity contribution in [3.8, 4) is 0 Å². The molecule has 2 rings (SSSR count). The SMILES string of the molecule is CCCCN(CCCC)C(=O)NC1CC(=O)N(c2ccc(C)c(C)c2)C1. The maximum atomic E-state index is 12.6. The Morgan fingerprint density at radius 3 is 2.38 bits per heavy atom. The predicted octanol–water partition coefficient (Wildman–Crippen LogP) is 4.02. The third-order valence-electron chi connectivity index (χ3n) is 5.11. The number of amides is 3. The molecule has 26 heavy (non-hydrogen) atoms. The maximum Gasteiger partial charge on any atom is 0.317 e. The summed E-state index contributed by atoms with van der Waals surface area (Å²) in [6.45, 7) is 10.5. The highest BCUT2D eigenvalue weighted by Crippen LogP contribution is 2.24. The number of unbranched alkanes of at least 4 members (excludes halogenated alkanes) is 2. The Labute approximate surface area is 157 Å². The van der Waals surface area contributed by atoms with Gasteiger partial charge in [0.1, 0.15) is 0 Å². The van der Waals surface area contributed by atoms with Crippen molar-refractivity contribution >= 4 is 17.6 Å². The minimum absolute atomic E-state index is 0.0355. The van der Waals surface area contributed by atoms with E-state index in [1.807, 2.05) is 23.1 Å². The van der Waals surface area contributed by atoms with Gasteiger partial charge in [-0.3, -0.25) is 4.79 Å². The molecule has 1 unspecified atom stereocenters. The summed E-state index contributed by atoms with van der Waals surface area (Å²) in [5.74, 6) is 0.0761. The van der Waals surface area contributed by atoms with E-state index in [9.17, 15) is 9.59 Å². The van der Waals surface area contributed by atoms with Crippen molar-refractivity contribution in [2.45, 2.75) is 65.8 Å². The van der Waals surface area contributed by atoms with E-state index in [2.05, 4.69) is 33.0 Å². The largest absolute Gasteiger partial charge is 0.333 e. The summed E-state index contributed by atoms with van der Waals surface area (Å²) < 4.78 is 0. The monoisotopic (exact) mass is 359 g/mol. The number of carbonyl (C=O) groups is 2. The lowest BCUT2D eigenvalue weighted by Crippen LogP contribution is -2.46. The van der Waals surface area contributed by atoms with Gasteiger partial charge in [0.15, 0.2) is 0 Å². The van der Waals surface area contributed by atoms with E-state index in [-0.39, 0.29) is 18.0 Å². The van der Waals surface area contributed by atoms with Crippen LogP contribution in [0.2, 0.25) is 0 Å². The molecule has 5 nitrogen and oxygen atoms in total. The van der Waals surface area contributed by atoms with Gasteiger partial charge in [0.05, 0.1) is 6.04 Å². The Morgan fingerprint density at radius 1 is 1.15 bits per heavy atom. The van der Waals surface area contributed by atoms with Crippen molar-refractivity contribution in [1.29, 1.82) is 0 Å². The first-order valence-electron chi connectivity index (χ1n) is 9.89. The third-order valence-corrected chi connectivity index (χ3v) is 5.11. The fourth-order valence-corrected chi connectivity index (χ4v) is 3.23. The molecular weight excluding hydrogens is 326 g/mol. The van der Waals surface area contributed by atoms with Gasteiger partial charge in [-0.05, 0) is 49.9 Å². The van der Waals surface area contributed by atoms with Crippen LogP contribution in [0.3, 0.4) is 0 Å². The average Bonchev–Trinajstić information content (AvgIpc) is 2.97. The summed E-state index contributed by atoms with van der Waals surface area (Å²) in [4.78, 5) is 28.8. The highest BCUT2D eigenvalue weighted by atomic mass is 16.2. The van der Waals surface area contributed by atoms with Crippen molar-refractivity contribution in [3.05, 3.63) is 29.3 Å². The molecule has 144 valence electrons. The van der Waals surface area contributed by atoms with Crippen molar-refractivity contribution in [3.63, 3.8) is 0 Å². The van der Waals surface area contributed by atoms with Gasteiger partial charge < -0.3 is 15.1 Å². The second kappa shape index (κ2) is 9.60. The van der Waals surface area contributed by atoms with Crippen molar-refractivity contribution < 1.29 is 9.59 Å². The number of carbonyl (C=O) groups excluding carboxylic acids is 2. The minimum Gasteiger partial charge on any atom is -0.333 e. The number of benzene rings is 1. The van der Waals surface area contributed by atoms with E-state index in [1.54, 1.807) is 4.90 Å². The molecule has 0 aromatic heterocycles. The molecule has 1 heterocycles. The Kier molecular flexibility index (Phi) is 7.49. The van der Waals surface area contributed by atoms with Gasteiger partial charge in [0.2, 0.25) is 5.91 Å². The topological polar surface area (TPSA) is 52.7 Å². The maximum absolute atomic E-state index is 12.6. The molecule has 0 saturated carbocycles. The molecule has 1 saturated heterocycles. The van der Waals surface area contributed by atoms with E-state index in [4.69, 9.17) is 0 Å². The molecule has 1 aromatic rings. The van der Waals surface area contributed by atoms with Crippen molar-refractivity contribution in [2.24, 2.45) is 0 Å². The highest BCUT2D eigenvalue weighted by molar-refractivity contribution is 5.96. The van der Waals surface area contributed by atoms with E-state index < -0.39 is 0 Å². The van der Waals surface area contributed by atoms with Crippen LogP contribution in [0, 0.1) is 13.8 Å². The predicted molar refractivity (Wildman–Crippen MR) is 107 cm³/mol. The summed E-state index contributed by atoms with van der Waals surface area (Å²) in [6, 6.07) is 5.92. The zero-order valence-electron chi connectivity index (χ0n) is 16.7. The van der Waals surface area contributed by atoms with E-state index >= 15 is 0 Å². The molecule has 1 atom stereocenters. The summed E-state index contributed by atoms with van der Waals surface area (Å²) in [5.41, 5.74) is 3.31. The lowest BCUT2D eigenvalue weighted by molar-refractivity contribution is -0.117. The number of aryl methyl sites for hydroxylation is 2. The van der Waals surface area contributed by atoms with E-state index in [0.29, 0.717) is 13.0 Å². The van der Waals surface area contributed by atoms with E-state index in [0.717, 1.165) is 44.5 Å². The first-order chi connectivity index (χ1) is 12.5. The zero-order valence-corrected chi connectivity index (χ0v) is 16.7. The number of nitrogens with zero attached hydrogens (tertiary/aromatic N) is 2. The Hall–Kier alpha value is -2.04. The summed E-state index contributed by atoms with van der Waals surface area (Å²) >= 11 is 0. The van der Waals surface area contributed by atoms with Crippen LogP contribution in [0.5, 0.6) is 0 Å². The van der Waals surface area contributed by atoms with Gasteiger partial charge in [0.25, 0.3) is 0 Å². The van der Waals surface area contributed by atoms with Gasteiger partial charge in [0, 0.05) is 31.7 Å². The number of hydrogen-bond acceptors (Lipinski definition) is 2. The molecule has 0 bridgehead atoms. The van der Waals surface area contributed by atoms with Crippen LogP contribution >= 0.6 is 0 Å². The smallest absolute Gasteiger partial charge is 0.317 e. The zero-order chi connectivity index (χ0) is 19.1. The fraction of sp³-hybridized carbons (Fsp3) is 0.619. The standard InChI is InChI=1S/C21H33N3O2/c1-5-7-11-23(12-8-6-2)21(26)22-18-14-20(25)24(15-18)19-10-9-16(3)17(4)13-19/h9-10,13,18H,5-8,11-12,14-15H2,1-4H3,(H,22,26). The first-order valence-corrected chi connectivity index (χ1v) is 9.89. The van der Waals surface area contributed by atoms with Crippen LogP contribution in [0.15, 0.2) is 18.2 Å². The van der Waals surface area contributed by atoms with Gasteiger partial charge in [-0.1, -0.05) is 32.8 Å². The molecule has 1 aliphatic heterocycles. The van der Waals surface area contributed by atoms with Gasteiger partial charge in [-0.25, -0.2) is 4.79 Å². The Bertz CT molecular complexity index is 622. The van der Waals surface area contributed by atoms with Gasteiger partial charge in [-0.2, -0.15) is 0 Å². The number of rotatable bonds is 8. The van der Waals surface area contributed by atoms with Crippen LogP contribution in [-0.2, 0) is 4.79 Å².